The molecule has 0 amide bonds. The number of allylic oxidation sites excluding steroid dienone is 5. The van der Waals surface area contributed by atoms with Crippen molar-refractivity contribution in [3.63, 3.8) is 0 Å². The fraction of sp³-hybridized carbons (Fsp3) is 0.250. The normalized spacial score (nSPS) is 19.4. The van der Waals surface area contributed by atoms with Crippen LogP contribution in [0.4, 0.5) is 13.2 Å². The molecule has 1 unspecified atom stereocenters. The monoisotopic (exact) mass is 368 g/mol. The standard InChI is InChI=1S/C24H23F3/c1-2-3-4-5-8-18-9-6-10-19(15-18)23-17-22(26)13-14-24(23,27)20-11-7-12-21(25)16-20/h2,6-7,9-13,15-17H,1,3-5,8,14H2. The Labute approximate surface area is 158 Å². The Hall–Kier alpha value is -2.55. The van der Waals surface area contributed by atoms with E-state index >= 15 is 4.39 Å². The van der Waals surface area contributed by atoms with E-state index < -0.39 is 17.3 Å². The Morgan fingerprint density at radius 1 is 1.04 bits per heavy atom. The summed E-state index contributed by atoms with van der Waals surface area (Å²) >= 11 is 0. The van der Waals surface area contributed by atoms with Gasteiger partial charge in [-0.3, -0.25) is 0 Å². The maximum Gasteiger partial charge on any atom is 0.165 e. The summed E-state index contributed by atoms with van der Waals surface area (Å²) in [5, 5.41) is 0. The zero-order valence-electron chi connectivity index (χ0n) is 15.2. The number of rotatable bonds is 7. The van der Waals surface area contributed by atoms with E-state index in [-0.39, 0.29) is 17.6 Å². The van der Waals surface area contributed by atoms with Crippen LogP contribution in [0.3, 0.4) is 0 Å². The first-order valence-electron chi connectivity index (χ1n) is 9.26. The molecule has 1 aliphatic rings. The Bertz CT molecular complexity index is 879. The molecule has 2 aromatic rings. The highest BCUT2D eigenvalue weighted by atomic mass is 19.1. The van der Waals surface area contributed by atoms with Crippen LogP contribution in [-0.2, 0) is 12.1 Å². The minimum Gasteiger partial charge on any atom is -0.233 e. The third-order valence-electron chi connectivity index (χ3n) is 4.93. The van der Waals surface area contributed by atoms with Crippen LogP contribution in [0.5, 0.6) is 0 Å². The van der Waals surface area contributed by atoms with E-state index in [0.29, 0.717) is 5.56 Å². The van der Waals surface area contributed by atoms with Crippen molar-refractivity contribution in [2.75, 3.05) is 0 Å². The zero-order chi connectivity index (χ0) is 19.3. The van der Waals surface area contributed by atoms with Crippen molar-refractivity contribution in [1.82, 2.24) is 0 Å². The van der Waals surface area contributed by atoms with Crippen molar-refractivity contribution in [2.24, 2.45) is 0 Å². The van der Waals surface area contributed by atoms with Gasteiger partial charge in [-0.1, -0.05) is 42.5 Å². The van der Waals surface area contributed by atoms with E-state index in [4.69, 9.17) is 0 Å². The summed E-state index contributed by atoms with van der Waals surface area (Å²) in [6.07, 6.45) is 8.07. The van der Waals surface area contributed by atoms with Crippen LogP contribution in [0.1, 0.15) is 42.4 Å². The molecule has 0 aromatic heterocycles. The Morgan fingerprint density at radius 3 is 2.63 bits per heavy atom. The first-order chi connectivity index (χ1) is 13.0. The van der Waals surface area contributed by atoms with Crippen LogP contribution >= 0.6 is 0 Å². The third-order valence-corrected chi connectivity index (χ3v) is 4.93. The van der Waals surface area contributed by atoms with Gasteiger partial charge in [0.05, 0.1) is 0 Å². The summed E-state index contributed by atoms with van der Waals surface area (Å²) in [5.74, 6) is -0.971. The fourth-order valence-electron chi connectivity index (χ4n) is 3.49. The van der Waals surface area contributed by atoms with Gasteiger partial charge in [0.15, 0.2) is 5.67 Å². The van der Waals surface area contributed by atoms with E-state index in [1.807, 2.05) is 24.3 Å². The Morgan fingerprint density at radius 2 is 1.85 bits per heavy atom. The van der Waals surface area contributed by atoms with Gasteiger partial charge in [-0.25, -0.2) is 13.2 Å². The maximum absolute atomic E-state index is 16.0. The number of halogens is 3. The lowest BCUT2D eigenvalue weighted by molar-refractivity contribution is 0.246. The second-order valence-electron chi connectivity index (χ2n) is 6.90. The van der Waals surface area contributed by atoms with Gasteiger partial charge in [0, 0.05) is 12.0 Å². The highest BCUT2D eigenvalue weighted by Gasteiger charge is 2.39. The molecule has 140 valence electrons. The third kappa shape index (κ3) is 4.41. The highest BCUT2D eigenvalue weighted by molar-refractivity contribution is 5.77. The molecule has 3 rings (SSSR count). The molecular formula is C24H23F3. The number of alkyl halides is 1. The summed E-state index contributed by atoms with van der Waals surface area (Å²) in [7, 11) is 0. The zero-order valence-corrected chi connectivity index (χ0v) is 15.2. The largest absolute Gasteiger partial charge is 0.233 e. The fourth-order valence-corrected chi connectivity index (χ4v) is 3.49. The van der Waals surface area contributed by atoms with Gasteiger partial charge in [-0.05, 0) is 66.7 Å². The lowest BCUT2D eigenvalue weighted by Crippen LogP contribution is -2.24. The van der Waals surface area contributed by atoms with Crippen molar-refractivity contribution >= 4 is 5.57 Å². The molecule has 1 aliphatic carbocycles. The van der Waals surface area contributed by atoms with Gasteiger partial charge in [0.25, 0.3) is 0 Å². The van der Waals surface area contributed by atoms with E-state index in [1.165, 1.54) is 30.4 Å². The van der Waals surface area contributed by atoms with Crippen molar-refractivity contribution in [3.8, 4) is 0 Å². The first-order valence-corrected chi connectivity index (χ1v) is 9.26. The Balaban J connectivity index is 1.94. The van der Waals surface area contributed by atoms with Gasteiger partial charge >= 0.3 is 0 Å². The lowest BCUT2D eigenvalue weighted by atomic mass is 9.78. The van der Waals surface area contributed by atoms with Gasteiger partial charge < -0.3 is 0 Å². The molecule has 3 heteroatoms. The minimum absolute atomic E-state index is 0.155. The second kappa shape index (κ2) is 8.43. The number of benzene rings is 2. The highest BCUT2D eigenvalue weighted by Crippen LogP contribution is 2.46. The summed E-state index contributed by atoms with van der Waals surface area (Å²) in [6.45, 7) is 3.72. The summed E-state index contributed by atoms with van der Waals surface area (Å²) < 4.78 is 43.7. The lowest BCUT2D eigenvalue weighted by Gasteiger charge is -2.31. The second-order valence-corrected chi connectivity index (χ2v) is 6.90. The van der Waals surface area contributed by atoms with Crippen molar-refractivity contribution in [2.45, 2.75) is 37.8 Å². The van der Waals surface area contributed by atoms with Crippen LogP contribution in [0.15, 0.2) is 79.2 Å². The average molecular weight is 368 g/mol. The maximum atomic E-state index is 16.0. The molecule has 1 atom stereocenters. The van der Waals surface area contributed by atoms with Gasteiger partial charge in [-0.15, -0.1) is 6.58 Å². The quantitative estimate of drug-likeness (QED) is 0.357. The van der Waals surface area contributed by atoms with Crippen molar-refractivity contribution in [3.05, 3.63) is 102 Å². The molecule has 0 heterocycles. The molecule has 0 saturated carbocycles. The Kier molecular flexibility index (Phi) is 6.00. The smallest absolute Gasteiger partial charge is 0.165 e. The van der Waals surface area contributed by atoms with E-state index in [1.54, 1.807) is 12.1 Å². The predicted molar refractivity (Wildman–Crippen MR) is 105 cm³/mol. The number of hydrogen-bond acceptors (Lipinski definition) is 0. The van der Waals surface area contributed by atoms with Crippen LogP contribution in [0, 0.1) is 5.82 Å². The summed E-state index contributed by atoms with van der Waals surface area (Å²) in [5.41, 5.74) is 0.189. The van der Waals surface area contributed by atoms with Gasteiger partial charge in [0.1, 0.15) is 11.6 Å². The minimum atomic E-state index is -1.96. The molecule has 0 aliphatic heterocycles. The van der Waals surface area contributed by atoms with Crippen molar-refractivity contribution in [1.29, 1.82) is 0 Å². The predicted octanol–water partition coefficient (Wildman–Crippen LogP) is 7.23. The van der Waals surface area contributed by atoms with E-state index in [2.05, 4.69) is 6.58 Å². The van der Waals surface area contributed by atoms with Crippen LogP contribution in [-0.4, -0.2) is 0 Å². The first kappa shape index (κ1) is 19.2. The van der Waals surface area contributed by atoms with Gasteiger partial charge in [-0.2, -0.15) is 0 Å². The molecule has 0 spiro atoms. The van der Waals surface area contributed by atoms with E-state index in [0.717, 1.165) is 31.2 Å². The molecule has 0 N–H and O–H groups in total. The molecule has 0 saturated heterocycles. The molecular weight excluding hydrogens is 345 g/mol. The summed E-state index contributed by atoms with van der Waals surface area (Å²) in [4.78, 5) is 0. The molecule has 2 aromatic carbocycles. The van der Waals surface area contributed by atoms with E-state index in [9.17, 15) is 8.78 Å². The molecule has 0 fully saturated rings. The van der Waals surface area contributed by atoms with Gasteiger partial charge in [0.2, 0.25) is 0 Å². The summed E-state index contributed by atoms with van der Waals surface area (Å²) in [6, 6.07) is 13.0. The van der Waals surface area contributed by atoms with Crippen LogP contribution in [0.2, 0.25) is 0 Å². The SMILES string of the molecule is C=CCCCCc1cccc(C2=CC(F)=CCC2(F)c2cccc(F)c2)c1. The average Bonchev–Trinajstić information content (AvgIpc) is 2.67. The molecule has 0 bridgehead atoms. The topological polar surface area (TPSA) is 0 Å². The molecule has 0 nitrogen and oxygen atoms in total. The number of unbranched alkanes of at least 4 members (excludes halogenated alkanes) is 2. The van der Waals surface area contributed by atoms with Crippen molar-refractivity contribution < 1.29 is 13.2 Å². The number of aryl methyl sites for hydroxylation is 1. The molecule has 27 heavy (non-hydrogen) atoms. The van der Waals surface area contributed by atoms with Crippen LogP contribution < -0.4 is 0 Å². The molecule has 0 radical (unpaired) electrons. The van der Waals surface area contributed by atoms with Crippen LogP contribution in [0.25, 0.3) is 5.57 Å². The number of hydrogen-bond donors (Lipinski definition) is 0.